The first-order valence-corrected chi connectivity index (χ1v) is 18.7. The maximum atomic E-state index is 5.85. The first kappa shape index (κ1) is 40.2. The minimum absolute atomic E-state index is 0.239. The number of rotatable bonds is 18. The maximum Gasteiger partial charge on any atom is 0.121 e. The zero-order valence-corrected chi connectivity index (χ0v) is 31.8. The first-order valence-electron chi connectivity index (χ1n) is 17.9. The second kappa shape index (κ2) is 22.4. The molecule has 0 unspecified atom stereocenters. The normalized spacial score (nSPS) is 15.0. The molecule has 2 fully saturated rings. The monoisotopic (exact) mass is 762 g/mol. The summed E-state index contributed by atoms with van der Waals surface area (Å²) in [7, 11) is 0. The van der Waals surface area contributed by atoms with Crippen molar-refractivity contribution in [2.45, 2.75) is 39.5 Å². The lowest BCUT2D eigenvalue weighted by atomic mass is 9.90. The molecular weight excluding hydrogens is 708 g/mol. The van der Waals surface area contributed by atoms with E-state index < -0.39 is 0 Å². The van der Waals surface area contributed by atoms with Crippen LogP contribution in [0.3, 0.4) is 0 Å². The minimum atomic E-state index is 0.239. The summed E-state index contributed by atoms with van der Waals surface area (Å²) in [5, 5.41) is 3.38. The van der Waals surface area contributed by atoms with Gasteiger partial charge in [0.2, 0.25) is 0 Å². The van der Waals surface area contributed by atoms with E-state index in [0.29, 0.717) is 6.61 Å². The van der Waals surface area contributed by atoms with Crippen molar-refractivity contribution in [1.29, 1.82) is 0 Å². The van der Waals surface area contributed by atoms with Crippen molar-refractivity contribution in [3.8, 4) is 11.5 Å². The van der Waals surface area contributed by atoms with E-state index in [9.17, 15) is 0 Å². The predicted octanol–water partition coefficient (Wildman–Crippen LogP) is 9.57. The van der Waals surface area contributed by atoms with Crippen LogP contribution < -0.4 is 20.5 Å². The molecule has 0 bridgehead atoms. The average molecular weight is 764 g/mol. The van der Waals surface area contributed by atoms with Gasteiger partial charge in [-0.2, -0.15) is 0 Å². The van der Waals surface area contributed by atoms with E-state index in [4.69, 9.17) is 34.2 Å². The molecule has 2 saturated heterocycles. The van der Waals surface area contributed by atoms with Gasteiger partial charge in [-0.3, -0.25) is 0 Å². The van der Waals surface area contributed by atoms with Gasteiger partial charge in [0.1, 0.15) is 11.5 Å². The molecular formula is C42H55BrN2O6. The second-order valence-corrected chi connectivity index (χ2v) is 14.6. The van der Waals surface area contributed by atoms with E-state index in [2.05, 4.69) is 35.1 Å². The molecule has 4 aromatic rings. The lowest BCUT2D eigenvalue weighted by molar-refractivity contribution is -0.138. The van der Waals surface area contributed by atoms with Crippen LogP contribution in [0.25, 0.3) is 0 Å². The van der Waals surface area contributed by atoms with Crippen LogP contribution in [-0.4, -0.2) is 66.1 Å². The Morgan fingerprint density at radius 1 is 0.588 bits per heavy atom. The SMILES string of the molecule is CC1(COCCCCOc2cccc(Br)c2)COC1.CC1(COCCCCOc2cccc(Nc3ccccc3)c2)COC1.Nc1ccccc1. The maximum absolute atomic E-state index is 5.85. The number of para-hydroxylation sites is 2. The Morgan fingerprint density at radius 3 is 1.53 bits per heavy atom. The van der Waals surface area contributed by atoms with Crippen molar-refractivity contribution >= 4 is 33.0 Å². The van der Waals surface area contributed by atoms with Gasteiger partial charge >= 0.3 is 0 Å². The number of halogens is 1. The molecule has 0 aliphatic carbocycles. The van der Waals surface area contributed by atoms with Crippen molar-refractivity contribution in [2.24, 2.45) is 10.8 Å². The average Bonchev–Trinajstić information content (AvgIpc) is 3.11. The molecule has 51 heavy (non-hydrogen) atoms. The molecule has 9 heteroatoms. The molecule has 0 atom stereocenters. The third-order valence-corrected chi connectivity index (χ3v) is 8.59. The molecule has 4 aromatic carbocycles. The van der Waals surface area contributed by atoms with Crippen LogP contribution in [-0.2, 0) is 18.9 Å². The van der Waals surface area contributed by atoms with Crippen molar-refractivity contribution in [3.05, 3.63) is 114 Å². The van der Waals surface area contributed by atoms with Gasteiger partial charge in [0.05, 0.1) is 52.9 Å². The molecule has 0 aromatic heterocycles. The summed E-state index contributed by atoms with van der Waals surface area (Å²) in [5.41, 5.74) is 8.78. The van der Waals surface area contributed by atoms with Crippen molar-refractivity contribution in [1.82, 2.24) is 0 Å². The molecule has 3 N–H and O–H groups in total. The number of hydrogen-bond acceptors (Lipinski definition) is 8. The summed E-state index contributed by atoms with van der Waals surface area (Å²) >= 11 is 3.43. The molecule has 8 nitrogen and oxygen atoms in total. The molecule has 2 heterocycles. The Bertz CT molecular complexity index is 1500. The highest BCUT2D eigenvalue weighted by Gasteiger charge is 2.34. The molecule has 6 rings (SSSR count). The quantitative estimate of drug-likeness (QED) is 0.0765. The molecule has 2 aliphatic heterocycles. The zero-order valence-electron chi connectivity index (χ0n) is 30.2. The van der Waals surface area contributed by atoms with Crippen molar-refractivity contribution < 1.29 is 28.4 Å². The van der Waals surface area contributed by atoms with E-state index in [0.717, 1.165) is 118 Å². The van der Waals surface area contributed by atoms with Crippen LogP contribution in [0.1, 0.15) is 39.5 Å². The third-order valence-electron chi connectivity index (χ3n) is 8.10. The summed E-state index contributed by atoms with van der Waals surface area (Å²) in [4.78, 5) is 0. The Labute approximate surface area is 313 Å². The number of ether oxygens (including phenoxy) is 6. The Morgan fingerprint density at radius 2 is 1.06 bits per heavy atom. The fourth-order valence-corrected chi connectivity index (χ4v) is 5.44. The smallest absolute Gasteiger partial charge is 0.121 e. The number of anilines is 3. The Kier molecular flexibility index (Phi) is 17.6. The van der Waals surface area contributed by atoms with Gasteiger partial charge in [-0.05, 0) is 80.3 Å². The zero-order chi connectivity index (χ0) is 36.0. The summed E-state index contributed by atoms with van der Waals surface area (Å²) < 4.78 is 34.4. The number of nitrogens with one attached hydrogen (secondary N) is 1. The van der Waals surface area contributed by atoms with Crippen LogP contribution >= 0.6 is 15.9 Å². The minimum Gasteiger partial charge on any atom is -0.494 e. The highest BCUT2D eigenvalue weighted by molar-refractivity contribution is 9.10. The van der Waals surface area contributed by atoms with E-state index in [1.807, 2.05) is 109 Å². The molecule has 2 aliphatic rings. The van der Waals surface area contributed by atoms with Gasteiger partial charge in [0, 0.05) is 51.6 Å². The number of hydrogen-bond donors (Lipinski definition) is 2. The standard InChI is InChI=1S/C21H27NO3.C15H21BrO3.C6H7N/c1-21(16-24-17-21)15-23-12-5-6-13-25-20-11-7-10-19(14-20)22-18-8-3-2-4-9-18;1-15(11-18-12-15)10-17-7-2-3-8-19-14-6-4-5-13(16)9-14;7-6-4-2-1-3-5-6/h2-4,7-11,14,22H,5-6,12-13,15-17H2,1H3;4-6,9H,2-3,7-8,10-12H2,1H3;1-5H,7H2. The van der Waals surface area contributed by atoms with Crippen LogP contribution in [0.15, 0.2) is 114 Å². The Balaban J connectivity index is 0.000000197. The summed E-state index contributed by atoms with van der Waals surface area (Å²) in [6.07, 6.45) is 4.05. The molecule has 0 saturated carbocycles. The second-order valence-electron chi connectivity index (χ2n) is 13.7. The molecule has 0 amide bonds. The van der Waals surface area contributed by atoms with Gasteiger partial charge in [-0.25, -0.2) is 0 Å². The number of benzene rings is 4. The molecule has 276 valence electrons. The highest BCUT2D eigenvalue weighted by Crippen LogP contribution is 2.27. The number of unbranched alkanes of at least 4 members (excludes halogenated alkanes) is 2. The number of nitrogen functional groups attached to an aromatic ring is 1. The van der Waals surface area contributed by atoms with Crippen LogP contribution in [0.4, 0.5) is 17.1 Å². The molecule has 0 radical (unpaired) electrons. The predicted molar refractivity (Wildman–Crippen MR) is 210 cm³/mol. The van der Waals surface area contributed by atoms with Crippen molar-refractivity contribution in [2.75, 3.05) is 77.1 Å². The fraction of sp³-hybridized carbons (Fsp3) is 0.429. The van der Waals surface area contributed by atoms with E-state index in [-0.39, 0.29) is 10.8 Å². The summed E-state index contributed by atoms with van der Waals surface area (Å²) in [6, 6.07) is 35.6. The fourth-order valence-electron chi connectivity index (χ4n) is 5.06. The van der Waals surface area contributed by atoms with Crippen LogP contribution in [0, 0.1) is 10.8 Å². The Hall–Kier alpha value is -3.60. The lowest BCUT2D eigenvalue weighted by Crippen LogP contribution is -2.43. The largest absolute Gasteiger partial charge is 0.494 e. The van der Waals surface area contributed by atoms with E-state index in [1.54, 1.807) is 0 Å². The van der Waals surface area contributed by atoms with E-state index >= 15 is 0 Å². The van der Waals surface area contributed by atoms with E-state index in [1.165, 1.54) is 0 Å². The molecule has 0 spiro atoms. The van der Waals surface area contributed by atoms with Gasteiger partial charge in [-0.15, -0.1) is 0 Å². The van der Waals surface area contributed by atoms with Crippen molar-refractivity contribution in [3.63, 3.8) is 0 Å². The number of nitrogens with two attached hydrogens (primary N) is 1. The van der Waals surface area contributed by atoms with Gasteiger partial charge in [0.15, 0.2) is 0 Å². The summed E-state index contributed by atoms with van der Waals surface area (Å²) in [6.45, 7) is 12.3. The van der Waals surface area contributed by atoms with Crippen LogP contribution in [0.5, 0.6) is 11.5 Å². The topological polar surface area (TPSA) is 93.4 Å². The lowest BCUT2D eigenvalue weighted by Gasteiger charge is -2.37. The third kappa shape index (κ3) is 16.5. The van der Waals surface area contributed by atoms with Gasteiger partial charge in [0.25, 0.3) is 0 Å². The summed E-state index contributed by atoms with van der Waals surface area (Å²) in [5.74, 6) is 1.80. The first-order chi connectivity index (χ1) is 24.8. The van der Waals surface area contributed by atoms with Gasteiger partial charge < -0.3 is 39.5 Å². The van der Waals surface area contributed by atoms with Crippen LogP contribution in [0.2, 0.25) is 0 Å². The van der Waals surface area contributed by atoms with Gasteiger partial charge in [-0.1, -0.05) is 78.3 Å². The highest BCUT2D eigenvalue weighted by atomic mass is 79.9.